The van der Waals surface area contributed by atoms with E-state index < -0.39 is 0 Å². The largest absolute Gasteiger partial charge is 0.462 e. The normalized spacial score (nSPS) is 14.8. The average molecular weight is 487 g/mol. The van der Waals surface area contributed by atoms with Crippen molar-refractivity contribution in [3.8, 4) is 21.5 Å². The number of H-pyrrole nitrogens is 1. The van der Waals surface area contributed by atoms with Gasteiger partial charge in [0, 0.05) is 51.1 Å². The molecule has 1 amide bonds. The highest BCUT2D eigenvalue weighted by molar-refractivity contribution is 7.71. The zero-order chi connectivity index (χ0) is 21.9. The SMILES string of the molecule is O=C(CCn1c(-c2cccs2)n[nH]c1=S)N1CCN(Cc2csc(-c3ccco3)n2)CC1. The van der Waals surface area contributed by atoms with Gasteiger partial charge in [0.15, 0.2) is 21.4 Å². The van der Waals surface area contributed by atoms with Gasteiger partial charge in [-0.1, -0.05) is 6.07 Å². The molecule has 0 atom stereocenters. The van der Waals surface area contributed by atoms with Gasteiger partial charge in [-0.15, -0.1) is 22.7 Å². The maximum Gasteiger partial charge on any atom is 0.224 e. The zero-order valence-corrected chi connectivity index (χ0v) is 19.7. The second kappa shape index (κ2) is 9.49. The van der Waals surface area contributed by atoms with E-state index in [4.69, 9.17) is 16.6 Å². The number of nitrogens with zero attached hydrogens (tertiary/aromatic N) is 5. The van der Waals surface area contributed by atoms with Crippen LogP contribution < -0.4 is 0 Å². The summed E-state index contributed by atoms with van der Waals surface area (Å²) in [6, 6.07) is 7.78. The third kappa shape index (κ3) is 4.60. The fourth-order valence-corrected chi connectivity index (χ4v) is 5.48. The lowest BCUT2D eigenvalue weighted by atomic mass is 10.2. The number of carbonyl (C=O) groups excluding carboxylic acids is 1. The van der Waals surface area contributed by atoms with Gasteiger partial charge < -0.3 is 9.32 Å². The Bertz CT molecular complexity index is 1220. The van der Waals surface area contributed by atoms with Gasteiger partial charge in [0.05, 0.1) is 16.8 Å². The van der Waals surface area contributed by atoms with E-state index in [0.29, 0.717) is 17.7 Å². The summed E-state index contributed by atoms with van der Waals surface area (Å²) in [5.74, 6) is 1.75. The van der Waals surface area contributed by atoms with E-state index in [0.717, 1.165) is 59.9 Å². The molecule has 1 N–H and O–H groups in total. The third-order valence-electron chi connectivity index (χ3n) is 5.44. The number of hydrogen-bond acceptors (Lipinski definition) is 8. The Labute approximate surface area is 198 Å². The summed E-state index contributed by atoms with van der Waals surface area (Å²) in [5, 5.41) is 12.2. The van der Waals surface area contributed by atoms with Crippen molar-refractivity contribution >= 4 is 40.8 Å². The molecule has 0 saturated carbocycles. The number of amides is 1. The summed E-state index contributed by atoms with van der Waals surface area (Å²) in [5.41, 5.74) is 1.04. The zero-order valence-electron chi connectivity index (χ0n) is 17.3. The van der Waals surface area contributed by atoms with Crippen molar-refractivity contribution in [2.45, 2.75) is 19.5 Å². The standard InChI is InChI=1S/C21H22N6O2S3/c28-18(5-6-27-19(23-24-21(27)30)17-4-2-12-31-17)26-9-7-25(8-10-26)13-15-14-32-20(22-15)16-3-1-11-29-16/h1-4,11-12,14H,5-10,13H2,(H,24,30). The fraction of sp³-hybridized carbons (Fsp3) is 0.333. The van der Waals surface area contributed by atoms with E-state index in [-0.39, 0.29) is 5.91 Å². The minimum atomic E-state index is 0.152. The number of thiazole rings is 1. The van der Waals surface area contributed by atoms with Crippen molar-refractivity contribution in [3.63, 3.8) is 0 Å². The fourth-order valence-electron chi connectivity index (χ4n) is 3.76. The van der Waals surface area contributed by atoms with Crippen molar-refractivity contribution in [2.75, 3.05) is 26.2 Å². The van der Waals surface area contributed by atoms with Gasteiger partial charge in [0.2, 0.25) is 5.91 Å². The summed E-state index contributed by atoms with van der Waals surface area (Å²) in [6.45, 7) is 4.44. The van der Waals surface area contributed by atoms with Crippen LogP contribution in [0.2, 0.25) is 0 Å². The van der Waals surface area contributed by atoms with Crippen LogP contribution >= 0.6 is 34.9 Å². The van der Waals surface area contributed by atoms with Gasteiger partial charge in [0.1, 0.15) is 0 Å². The monoisotopic (exact) mass is 486 g/mol. The number of rotatable bonds is 7. The predicted molar refractivity (Wildman–Crippen MR) is 127 cm³/mol. The molecule has 0 aliphatic carbocycles. The van der Waals surface area contributed by atoms with Crippen LogP contribution in [0.1, 0.15) is 12.1 Å². The lowest BCUT2D eigenvalue weighted by molar-refractivity contribution is -0.133. The Kier molecular flexibility index (Phi) is 6.30. The van der Waals surface area contributed by atoms with Crippen LogP contribution in [0.25, 0.3) is 21.5 Å². The molecule has 0 radical (unpaired) electrons. The summed E-state index contributed by atoms with van der Waals surface area (Å²) >= 11 is 8.57. The topological polar surface area (TPSA) is 83.2 Å². The summed E-state index contributed by atoms with van der Waals surface area (Å²) in [4.78, 5) is 22.8. The lowest BCUT2D eigenvalue weighted by Gasteiger charge is -2.34. The Balaban J connectivity index is 1.12. The van der Waals surface area contributed by atoms with Crippen LogP contribution in [0.15, 0.2) is 45.7 Å². The van der Waals surface area contributed by atoms with Crippen molar-refractivity contribution < 1.29 is 9.21 Å². The van der Waals surface area contributed by atoms with Crippen molar-refractivity contribution in [1.29, 1.82) is 0 Å². The molecule has 11 heteroatoms. The average Bonchev–Trinajstić information content (AvgIpc) is 3.60. The van der Waals surface area contributed by atoms with Gasteiger partial charge in [-0.05, 0) is 35.8 Å². The van der Waals surface area contributed by atoms with Gasteiger partial charge in [-0.25, -0.2) is 4.98 Å². The van der Waals surface area contributed by atoms with Gasteiger partial charge in [0.25, 0.3) is 0 Å². The number of carbonyl (C=O) groups is 1. The van der Waals surface area contributed by atoms with Gasteiger partial charge in [-0.2, -0.15) is 5.10 Å². The molecule has 0 aromatic carbocycles. The molecule has 4 aromatic rings. The second-order valence-electron chi connectivity index (χ2n) is 7.51. The molecule has 5 rings (SSSR count). The summed E-state index contributed by atoms with van der Waals surface area (Å²) in [6.07, 6.45) is 2.07. The third-order valence-corrected chi connectivity index (χ3v) is 7.53. The number of piperazine rings is 1. The predicted octanol–water partition coefficient (Wildman–Crippen LogP) is 4.12. The number of aromatic amines is 1. The van der Waals surface area contributed by atoms with E-state index in [1.54, 1.807) is 28.9 Å². The van der Waals surface area contributed by atoms with E-state index >= 15 is 0 Å². The van der Waals surface area contributed by atoms with Crippen LogP contribution in [0.4, 0.5) is 0 Å². The van der Waals surface area contributed by atoms with Crippen LogP contribution in [-0.4, -0.2) is 61.6 Å². The van der Waals surface area contributed by atoms with Crippen LogP contribution in [-0.2, 0) is 17.9 Å². The molecule has 4 aromatic heterocycles. The molecule has 0 bridgehead atoms. The number of thiophene rings is 1. The Morgan fingerprint density at radius 2 is 2.06 bits per heavy atom. The van der Waals surface area contributed by atoms with E-state index in [1.807, 2.05) is 39.1 Å². The summed E-state index contributed by atoms with van der Waals surface area (Å²) in [7, 11) is 0. The minimum absolute atomic E-state index is 0.152. The molecule has 5 heterocycles. The molecular formula is C21H22N6O2S3. The first-order chi connectivity index (χ1) is 15.7. The first-order valence-electron chi connectivity index (χ1n) is 10.3. The molecule has 0 spiro atoms. The van der Waals surface area contributed by atoms with Gasteiger partial charge >= 0.3 is 0 Å². The van der Waals surface area contributed by atoms with Crippen LogP contribution in [0.5, 0.6) is 0 Å². The summed E-state index contributed by atoms with van der Waals surface area (Å²) < 4.78 is 7.88. The van der Waals surface area contributed by atoms with Crippen LogP contribution in [0, 0.1) is 4.77 Å². The molecule has 32 heavy (non-hydrogen) atoms. The molecule has 8 nitrogen and oxygen atoms in total. The second-order valence-corrected chi connectivity index (χ2v) is 9.70. The Hall–Kier alpha value is -2.60. The molecule has 166 valence electrons. The number of nitrogens with one attached hydrogen (secondary N) is 1. The Morgan fingerprint density at radius 1 is 1.19 bits per heavy atom. The smallest absolute Gasteiger partial charge is 0.224 e. The highest BCUT2D eigenvalue weighted by Gasteiger charge is 2.22. The molecule has 1 saturated heterocycles. The van der Waals surface area contributed by atoms with Crippen molar-refractivity contribution in [3.05, 3.63) is 51.8 Å². The quantitative estimate of drug-likeness (QED) is 0.396. The highest BCUT2D eigenvalue weighted by Crippen LogP contribution is 2.25. The van der Waals surface area contributed by atoms with E-state index in [2.05, 4.69) is 25.5 Å². The number of aromatic nitrogens is 4. The molecule has 1 fully saturated rings. The molecule has 0 unspecified atom stereocenters. The van der Waals surface area contributed by atoms with Crippen LogP contribution in [0.3, 0.4) is 0 Å². The lowest BCUT2D eigenvalue weighted by Crippen LogP contribution is -2.48. The maximum atomic E-state index is 12.8. The first-order valence-corrected chi connectivity index (χ1v) is 12.5. The van der Waals surface area contributed by atoms with Crippen molar-refractivity contribution in [2.24, 2.45) is 0 Å². The highest BCUT2D eigenvalue weighted by atomic mass is 32.1. The van der Waals surface area contributed by atoms with Gasteiger partial charge in [-0.3, -0.25) is 19.4 Å². The van der Waals surface area contributed by atoms with Crippen molar-refractivity contribution in [1.82, 2.24) is 29.5 Å². The minimum Gasteiger partial charge on any atom is -0.462 e. The maximum absolute atomic E-state index is 12.8. The number of hydrogen-bond donors (Lipinski definition) is 1. The number of furan rings is 1. The van der Waals surface area contributed by atoms with E-state index in [9.17, 15) is 4.79 Å². The Morgan fingerprint density at radius 3 is 2.81 bits per heavy atom. The molecular weight excluding hydrogens is 464 g/mol. The van der Waals surface area contributed by atoms with E-state index in [1.165, 1.54) is 0 Å². The molecule has 1 aliphatic rings. The first kappa shape index (κ1) is 21.3. The molecule has 1 aliphatic heterocycles.